The highest BCUT2D eigenvalue weighted by Gasteiger charge is 2.24. The van der Waals surface area contributed by atoms with E-state index < -0.39 is 0 Å². The molecule has 2 aromatic carbocycles. The van der Waals surface area contributed by atoms with Gasteiger partial charge in [-0.2, -0.15) is 0 Å². The van der Waals surface area contributed by atoms with Gasteiger partial charge in [-0.1, -0.05) is 17.7 Å². The van der Waals surface area contributed by atoms with Crippen molar-refractivity contribution in [1.29, 1.82) is 0 Å². The van der Waals surface area contributed by atoms with Gasteiger partial charge in [-0.05, 0) is 64.7 Å². The van der Waals surface area contributed by atoms with E-state index in [0.717, 1.165) is 34.3 Å². The van der Waals surface area contributed by atoms with E-state index in [1.165, 1.54) is 0 Å². The Hall–Kier alpha value is -1.52. The van der Waals surface area contributed by atoms with Gasteiger partial charge in [-0.25, -0.2) is 0 Å². The van der Waals surface area contributed by atoms with Gasteiger partial charge in [0.2, 0.25) is 0 Å². The average molecular weight is 366 g/mol. The van der Waals surface area contributed by atoms with Crippen molar-refractivity contribution in [2.24, 2.45) is 0 Å². The summed E-state index contributed by atoms with van der Waals surface area (Å²) in [6.07, 6.45) is 1.82. The molecule has 0 spiro atoms. The van der Waals surface area contributed by atoms with Gasteiger partial charge in [-0.3, -0.25) is 4.79 Å². The molecule has 0 aromatic heterocycles. The fourth-order valence-electron chi connectivity index (χ4n) is 2.65. The van der Waals surface area contributed by atoms with E-state index in [4.69, 9.17) is 17.3 Å². The standard InChI is InChI=1S/C16H14BrClN2O/c17-12-7-6-10(9-13(12)18)16(21)20-8-2-3-11-14(19)4-1-5-15(11)20/h1,4-7,9H,2-3,8,19H2. The van der Waals surface area contributed by atoms with Crippen LogP contribution in [0.4, 0.5) is 11.4 Å². The lowest BCUT2D eigenvalue weighted by atomic mass is 9.99. The van der Waals surface area contributed by atoms with Crippen LogP contribution in [-0.2, 0) is 6.42 Å². The van der Waals surface area contributed by atoms with E-state index in [-0.39, 0.29) is 5.91 Å². The van der Waals surface area contributed by atoms with Crippen LogP contribution in [0.2, 0.25) is 5.02 Å². The molecule has 2 aromatic rings. The molecule has 5 heteroatoms. The van der Waals surface area contributed by atoms with Gasteiger partial charge in [0.15, 0.2) is 0 Å². The van der Waals surface area contributed by atoms with Crippen LogP contribution in [-0.4, -0.2) is 12.5 Å². The maximum Gasteiger partial charge on any atom is 0.258 e. The smallest absolute Gasteiger partial charge is 0.258 e. The van der Waals surface area contributed by atoms with Crippen molar-refractivity contribution in [1.82, 2.24) is 0 Å². The normalized spacial score (nSPS) is 13.9. The Balaban J connectivity index is 2.00. The van der Waals surface area contributed by atoms with Gasteiger partial charge in [-0.15, -0.1) is 0 Å². The number of carbonyl (C=O) groups excluding carboxylic acids is 1. The zero-order valence-electron chi connectivity index (χ0n) is 11.3. The zero-order valence-corrected chi connectivity index (χ0v) is 13.6. The summed E-state index contributed by atoms with van der Waals surface area (Å²) in [5.41, 5.74) is 9.32. The summed E-state index contributed by atoms with van der Waals surface area (Å²) in [5.74, 6) is -0.0454. The van der Waals surface area contributed by atoms with Gasteiger partial charge in [0.05, 0.1) is 5.02 Å². The second-order valence-corrected chi connectivity index (χ2v) is 6.30. The first-order chi connectivity index (χ1) is 10.1. The van der Waals surface area contributed by atoms with Crippen molar-refractivity contribution in [3.8, 4) is 0 Å². The summed E-state index contributed by atoms with van der Waals surface area (Å²) < 4.78 is 0.781. The first kappa shape index (κ1) is 14.4. The van der Waals surface area contributed by atoms with Crippen molar-refractivity contribution in [3.05, 3.63) is 57.0 Å². The lowest BCUT2D eigenvalue weighted by Crippen LogP contribution is -2.35. The highest BCUT2D eigenvalue weighted by atomic mass is 79.9. The molecule has 21 heavy (non-hydrogen) atoms. The van der Waals surface area contributed by atoms with Crippen LogP contribution in [0.1, 0.15) is 22.3 Å². The number of hydrogen-bond donors (Lipinski definition) is 1. The molecule has 3 nitrogen and oxygen atoms in total. The third-order valence-electron chi connectivity index (χ3n) is 3.70. The minimum Gasteiger partial charge on any atom is -0.398 e. The van der Waals surface area contributed by atoms with Crippen molar-refractivity contribution in [2.45, 2.75) is 12.8 Å². The quantitative estimate of drug-likeness (QED) is 0.767. The summed E-state index contributed by atoms with van der Waals surface area (Å²) in [6.45, 7) is 0.697. The number of fused-ring (bicyclic) bond motifs is 1. The number of anilines is 2. The molecule has 0 atom stereocenters. The monoisotopic (exact) mass is 364 g/mol. The number of nitrogen functional groups attached to an aromatic ring is 1. The number of amides is 1. The Morgan fingerprint density at radius 3 is 2.86 bits per heavy atom. The van der Waals surface area contributed by atoms with E-state index >= 15 is 0 Å². The molecule has 1 amide bonds. The fraction of sp³-hybridized carbons (Fsp3) is 0.188. The van der Waals surface area contributed by atoms with E-state index in [0.29, 0.717) is 17.1 Å². The van der Waals surface area contributed by atoms with Crippen molar-refractivity contribution < 1.29 is 4.79 Å². The molecule has 1 aliphatic rings. The lowest BCUT2D eigenvalue weighted by Gasteiger charge is -2.30. The number of hydrogen-bond acceptors (Lipinski definition) is 2. The number of carbonyl (C=O) groups is 1. The molecule has 0 aliphatic carbocycles. The van der Waals surface area contributed by atoms with Crippen LogP contribution >= 0.6 is 27.5 Å². The third-order valence-corrected chi connectivity index (χ3v) is 4.93. The first-order valence-electron chi connectivity index (χ1n) is 6.72. The number of benzene rings is 2. The summed E-state index contributed by atoms with van der Waals surface area (Å²) in [6, 6.07) is 11.0. The van der Waals surface area contributed by atoms with Crippen molar-refractivity contribution >= 4 is 44.8 Å². The van der Waals surface area contributed by atoms with Crippen LogP contribution < -0.4 is 10.6 Å². The Kier molecular flexibility index (Phi) is 3.91. The summed E-state index contributed by atoms with van der Waals surface area (Å²) >= 11 is 9.42. The Morgan fingerprint density at radius 1 is 1.29 bits per heavy atom. The molecule has 1 aliphatic heterocycles. The van der Waals surface area contributed by atoms with E-state index in [1.54, 1.807) is 23.1 Å². The SMILES string of the molecule is Nc1cccc2c1CCCN2C(=O)c1ccc(Br)c(Cl)c1. The van der Waals surface area contributed by atoms with Crippen LogP contribution in [0.15, 0.2) is 40.9 Å². The molecule has 0 fully saturated rings. The van der Waals surface area contributed by atoms with Gasteiger partial charge >= 0.3 is 0 Å². The zero-order chi connectivity index (χ0) is 15.0. The molecule has 0 saturated carbocycles. The second kappa shape index (κ2) is 5.70. The second-order valence-electron chi connectivity index (χ2n) is 5.03. The molecular weight excluding hydrogens is 352 g/mol. The van der Waals surface area contributed by atoms with Gasteiger partial charge < -0.3 is 10.6 Å². The number of nitrogens with zero attached hydrogens (tertiary/aromatic N) is 1. The minimum absolute atomic E-state index is 0.0454. The number of nitrogens with two attached hydrogens (primary N) is 1. The highest BCUT2D eigenvalue weighted by molar-refractivity contribution is 9.10. The average Bonchev–Trinajstić information content (AvgIpc) is 2.49. The molecular formula is C16H14BrClN2O. The lowest BCUT2D eigenvalue weighted by molar-refractivity contribution is 0.0985. The molecule has 3 rings (SSSR count). The fourth-order valence-corrected chi connectivity index (χ4v) is 3.07. The number of halogens is 2. The Bertz CT molecular complexity index is 717. The number of rotatable bonds is 1. The topological polar surface area (TPSA) is 46.3 Å². The molecule has 108 valence electrons. The van der Waals surface area contributed by atoms with Crippen LogP contribution in [0.5, 0.6) is 0 Å². The Morgan fingerprint density at radius 2 is 2.10 bits per heavy atom. The van der Waals surface area contributed by atoms with Crippen molar-refractivity contribution in [3.63, 3.8) is 0 Å². The minimum atomic E-state index is -0.0454. The predicted octanol–water partition coefficient (Wildman–Crippen LogP) is 4.28. The van der Waals surface area contributed by atoms with E-state index in [1.807, 2.05) is 18.2 Å². The summed E-state index contributed by atoms with van der Waals surface area (Å²) in [4.78, 5) is 14.5. The molecule has 1 heterocycles. The maximum atomic E-state index is 12.7. The summed E-state index contributed by atoms with van der Waals surface area (Å²) in [7, 11) is 0. The Labute approximate surface area is 136 Å². The van der Waals surface area contributed by atoms with Gasteiger partial charge in [0, 0.05) is 28.0 Å². The molecule has 0 saturated heterocycles. The van der Waals surface area contributed by atoms with Crippen LogP contribution in [0.3, 0.4) is 0 Å². The van der Waals surface area contributed by atoms with E-state index in [2.05, 4.69) is 15.9 Å². The van der Waals surface area contributed by atoms with Gasteiger partial charge in [0.1, 0.15) is 0 Å². The van der Waals surface area contributed by atoms with E-state index in [9.17, 15) is 4.79 Å². The van der Waals surface area contributed by atoms with Crippen LogP contribution in [0, 0.1) is 0 Å². The molecule has 0 bridgehead atoms. The highest BCUT2D eigenvalue weighted by Crippen LogP contribution is 2.33. The maximum absolute atomic E-state index is 12.7. The molecule has 0 radical (unpaired) electrons. The third kappa shape index (κ3) is 2.65. The van der Waals surface area contributed by atoms with Crippen LogP contribution in [0.25, 0.3) is 0 Å². The largest absolute Gasteiger partial charge is 0.398 e. The summed E-state index contributed by atoms with van der Waals surface area (Å²) in [5, 5.41) is 0.533. The molecule has 2 N–H and O–H groups in total. The van der Waals surface area contributed by atoms with Crippen molar-refractivity contribution in [2.75, 3.05) is 17.2 Å². The van der Waals surface area contributed by atoms with Gasteiger partial charge in [0.25, 0.3) is 5.91 Å². The molecule has 0 unspecified atom stereocenters. The predicted molar refractivity (Wildman–Crippen MR) is 90.0 cm³/mol. The first-order valence-corrected chi connectivity index (χ1v) is 7.89.